The molecule has 5 nitrogen and oxygen atoms in total. The smallest absolute Gasteiger partial charge is 0.321 e. The van der Waals surface area contributed by atoms with Crippen molar-refractivity contribution in [3.05, 3.63) is 65.7 Å². The Morgan fingerprint density at radius 3 is 2.52 bits per heavy atom. The topological polar surface area (TPSA) is 66.8 Å². The van der Waals surface area contributed by atoms with E-state index in [4.69, 9.17) is 4.74 Å². The van der Waals surface area contributed by atoms with Crippen LogP contribution in [0.5, 0.6) is 0 Å². The zero-order chi connectivity index (χ0) is 20.8. The predicted molar refractivity (Wildman–Crippen MR) is 114 cm³/mol. The summed E-state index contributed by atoms with van der Waals surface area (Å²) in [6, 6.07) is 17.2. The number of anilines is 1. The maximum Gasteiger partial charge on any atom is 0.321 e. The van der Waals surface area contributed by atoms with Gasteiger partial charge in [0.1, 0.15) is 16.3 Å². The first-order chi connectivity index (χ1) is 13.7. The molecule has 2 aromatic rings. The van der Waals surface area contributed by atoms with Crippen LogP contribution in [0.4, 0.5) is 5.69 Å². The van der Waals surface area contributed by atoms with Crippen LogP contribution >= 0.6 is 11.8 Å². The van der Waals surface area contributed by atoms with E-state index in [1.54, 1.807) is 25.7 Å². The van der Waals surface area contributed by atoms with Crippen molar-refractivity contribution < 1.29 is 19.4 Å². The number of hydrogen-bond donors (Lipinski definition) is 1. The highest BCUT2D eigenvalue weighted by Crippen LogP contribution is 2.54. The highest BCUT2D eigenvalue weighted by Gasteiger charge is 2.66. The molecule has 2 aromatic carbocycles. The van der Waals surface area contributed by atoms with Crippen LogP contribution in [0.15, 0.2) is 54.6 Å². The maximum atomic E-state index is 13.8. The Morgan fingerprint density at radius 2 is 1.83 bits per heavy atom. The summed E-state index contributed by atoms with van der Waals surface area (Å²) in [7, 11) is 0. The van der Waals surface area contributed by atoms with Gasteiger partial charge in [0.2, 0.25) is 5.91 Å². The van der Waals surface area contributed by atoms with Gasteiger partial charge in [-0.2, -0.15) is 0 Å². The largest absolute Gasteiger partial charge is 0.459 e. The number of para-hydroxylation sites is 1. The number of rotatable bonds is 3. The number of aliphatic hydroxyl groups is 1. The summed E-state index contributed by atoms with van der Waals surface area (Å²) in [6.07, 6.45) is -0.959. The van der Waals surface area contributed by atoms with Crippen molar-refractivity contribution in [2.24, 2.45) is 0 Å². The molecule has 1 N–H and O–H groups in total. The number of carbonyl (C=O) groups excluding carboxylic acids is 2. The van der Waals surface area contributed by atoms with Gasteiger partial charge in [0.05, 0.1) is 12.6 Å². The molecule has 0 saturated carbocycles. The van der Waals surface area contributed by atoms with E-state index < -0.39 is 28.3 Å². The molecule has 1 amide bonds. The van der Waals surface area contributed by atoms with E-state index in [0.717, 1.165) is 11.3 Å². The molecule has 0 aromatic heterocycles. The molecule has 2 aliphatic heterocycles. The number of aliphatic hydroxyl groups excluding tert-OH is 1. The minimum absolute atomic E-state index is 0.240. The van der Waals surface area contributed by atoms with Gasteiger partial charge in [0.25, 0.3) is 0 Å². The number of esters is 1. The van der Waals surface area contributed by atoms with E-state index in [-0.39, 0.29) is 5.91 Å². The average molecular weight is 412 g/mol. The van der Waals surface area contributed by atoms with Gasteiger partial charge >= 0.3 is 5.97 Å². The number of fused-ring (bicyclic) bond motifs is 2. The monoisotopic (exact) mass is 411 g/mol. The number of benzene rings is 2. The number of nitrogens with zero attached hydrogens (tertiary/aromatic N) is 1. The van der Waals surface area contributed by atoms with Crippen LogP contribution in [0, 0.1) is 0 Å². The number of ether oxygens (including phenoxy) is 1. The molecule has 4 rings (SSSR count). The molecule has 2 heterocycles. The van der Waals surface area contributed by atoms with Crippen molar-refractivity contribution in [3.8, 4) is 0 Å². The molecule has 1 saturated heterocycles. The van der Waals surface area contributed by atoms with Crippen molar-refractivity contribution in [2.45, 2.75) is 49.7 Å². The number of hydrogen-bond acceptors (Lipinski definition) is 5. The number of carbonyl (C=O) groups is 2. The summed E-state index contributed by atoms with van der Waals surface area (Å²) in [5.74, 6) is -0.386. The van der Waals surface area contributed by atoms with Crippen molar-refractivity contribution in [2.75, 3.05) is 10.7 Å². The lowest BCUT2D eigenvalue weighted by Gasteiger charge is -2.33. The van der Waals surface area contributed by atoms with Gasteiger partial charge in [0.15, 0.2) is 0 Å². The zero-order valence-corrected chi connectivity index (χ0v) is 17.6. The van der Waals surface area contributed by atoms with Crippen LogP contribution in [0.2, 0.25) is 0 Å². The van der Waals surface area contributed by atoms with Gasteiger partial charge in [-0.3, -0.25) is 9.59 Å². The van der Waals surface area contributed by atoms with Gasteiger partial charge in [0, 0.05) is 11.4 Å². The lowest BCUT2D eigenvalue weighted by Crippen LogP contribution is -2.54. The van der Waals surface area contributed by atoms with Crippen LogP contribution in [0.3, 0.4) is 0 Å². The summed E-state index contributed by atoms with van der Waals surface area (Å²) in [5.41, 5.74) is 0.447. The predicted octanol–water partition coefficient (Wildman–Crippen LogP) is 3.29. The summed E-state index contributed by atoms with van der Waals surface area (Å²) < 4.78 is 5.63. The van der Waals surface area contributed by atoms with Crippen LogP contribution < -0.4 is 4.90 Å². The second-order valence-corrected chi connectivity index (χ2v) is 9.66. The Morgan fingerprint density at radius 1 is 1.17 bits per heavy atom. The third-order valence-corrected chi connectivity index (χ3v) is 6.81. The molecule has 0 unspecified atom stereocenters. The fourth-order valence-corrected chi connectivity index (χ4v) is 5.71. The standard InChI is InChI=1S/C23H25NO4S/c1-22(2,3)28-20(26)19-23(18(25)14-29-19)16-11-7-8-12-17(16)24(21(23)27)13-15-9-5-4-6-10-15/h4-12,18-19,25H,13-14H2,1-3H3/t18-,19+,23-/m0/s1. The maximum absolute atomic E-state index is 13.8. The Labute approximate surface area is 175 Å². The van der Waals surface area contributed by atoms with Crippen molar-refractivity contribution in [1.82, 2.24) is 0 Å². The van der Waals surface area contributed by atoms with Crippen molar-refractivity contribution in [3.63, 3.8) is 0 Å². The summed E-state index contributed by atoms with van der Waals surface area (Å²) in [4.78, 5) is 28.6. The van der Waals surface area contributed by atoms with Gasteiger partial charge in [-0.15, -0.1) is 11.8 Å². The minimum atomic E-state index is -1.32. The first-order valence-electron chi connectivity index (χ1n) is 9.73. The number of thioether (sulfide) groups is 1. The van der Waals surface area contributed by atoms with E-state index in [0.29, 0.717) is 17.9 Å². The van der Waals surface area contributed by atoms with Crippen LogP contribution in [0.1, 0.15) is 31.9 Å². The van der Waals surface area contributed by atoms with Crippen molar-refractivity contribution >= 4 is 29.3 Å². The average Bonchev–Trinajstić information content (AvgIpc) is 3.14. The molecular weight excluding hydrogens is 386 g/mol. The third kappa shape index (κ3) is 3.24. The fourth-order valence-electron chi connectivity index (χ4n) is 4.24. The molecule has 1 spiro atoms. The normalized spacial score (nSPS) is 26.1. The van der Waals surface area contributed by atoms with E-state index in [1.807, 2.05) is 54.6 Å². The second kappa shape index (κ2) is 7.18. The summed E-state index contributed by atoms with van der Waals surface area (Å²) in [6.45, 7) is 5.80. The van der Waals surface area contributed by atoms with Gasteiger partial charge in [-0.05, 0) is 38.0 Å². The molecule has 3 atom stereocenters. The first kappa shape index (κ1) is 20.0. The molecule has 152 valence electrons. The zero-order valence-electron chi connectivity index (χ0n) is 16.8. The first-order valence-corrected chi connectivity index (χ1v) is 10.8. The van der Waals surface area contributed by atoms with Crippen LogP contribution in [0.25, 0.3) is 0 Å². The van der Waals surface area contributed by atoms with E-state index >= 15 is 0 Å². The molecule has 2 aliphatic rings. The quantitative estimate of drug-likeness (QED) is 0.785. The highest BCUT2D eigenvalue weighted by atomic mass is 32.2. The minimum Gasteiger partial charge on any atom is -0.459 e. The Bertz CT molecular complexity index is 939. The third-order valence-electron chi connectivity index (χ3n) is 5.40. The van der Waals surface area contributed by atoms with E-state index in [1.165, 1.54) is 11.8 Å². The van der Waals surface area contributed by atoms with E-state index in [2.05, 4.69) is 0 Å². The molecule has 0 aliphatic carbocycles. The molecule has 0 bridgehead atoms. The van der Waals surface area contributed by atoms with E-state index in [9.17, 15) is 14.7 Å². The molecule has 6 heteroatoms. The van der Waals surface area contributed by atoms with Crippen LogP contribution in [-0.2, 0) is 26.3 Å². The van der Waals surface area contributed by atoms with Gasteiger partial charge in [-0.25, -0.2) is 0 Å². The molecule has 29 heavy (non-hydrogen) atoms. The van der Waals surface area contributed by atoms with Gasteiger partial charge in [-0.1, -0.05) is 48.5 Å². The number of amides is 1. The fraction of sp³-hybridized carbons (Fsp3) is 0.391. The summed E-state index contributed by atoms with van der Waals surface area (Å²) >= 11 is 1.30. The Hall–Kier alpha value is -2.31. The Kier molecular flexibility index (Phi) is 4.95. The van der Waals surface area contributed by atoms with Crippen molar-refractivity contribution in [1.29, 1.82) is 0 Å². The second-order valence-electron chi connectivity index (χ2n) is 8.53. The van der Waals surface area contributed by atoms with Gasteiger partial charge < -0.3 is 14.7 Å². The molecule has 0 radical (unpaired) electrons. The highest BCUT2D eigenvalue weighted by molar-refractivity contribution is 8.01. The lowest BCUT2D eigenvalue weighted by molar-refractivity contribution is -0.157. The lowest BCUT2D eigenvalue weighted by atomic mass is 9.74. The molecule has 1 fully saturated rings. The summed E-state index contributed by atoms with van der Waals surface area (Å²) in [5, 5.41) is 10.2. The Balaban J connectivity index is 1.79. The van der Waals surface area contributed by atoms with Crippen LogP contribution in [-0.4, -0.2) is 39.7 Å². The SMILES string of the molecule is CC(C)(C)OC(=O)[C@H]1SC[C@H](O)[C@]12C(=O)N(Cc1ccccc1)c1ccccc12. The molecular formula is C23H25NO4S.